The first-order chi connectivity index (χ1) is 11.6. The highest BCUT2D eigenvalue weighted by Gasteiger charge is 2.12. The van der Waals surface area contributed by atoms with Gasteiger partial charge in [-0.25, -0.2) is 4.79 Å². The van der Waals surface area contributed by atoms with Gasteiger partial charge in [-0.2, -0.15) is 0 Å². The minimum absolute atomic E-state index is 0.219. The first-order valence-electron chi connectivity index (χ1n) is 7.75. The van der Waals surface area contributed by atoms with Gasteiger partial charge in [0.05, 0.1) is 5.56 Å². The van der Waals surface area contributed by atoms with Crippen LogP contribution < -0.4 is 0 Å². The maximum absolute atomic E-state index is 12.3. The van der Waals surface area contributed by atoms with Crippen molar-refractivity contribution in [3.8, 4) is 16.9 Å². The normalized spacial score (nSPS) is 10.4. The predicted molar refractivity (Wildman–Crippen MR) is 93.8 cm³/mol. The summed E-state index contributed by atoms with van der Waals surface area (Å²) in [5.74, 6) is -0.128. The van der Waals surface area contributed by atoms with Crippen LogP contribution in [0.1, 0.15) is 21.5 Å². The molecule has 0 saturated carbocycles. The second-order valence-electron chi connectivity index (χ2n) is 5.61. The summed E-state index contributed by atoms with van der Waals surface area (Å²) < 4.78 is 5.38. The molecule has 0 amide bonds. The molecular formula is C21H18O3. The monoisotopic (exact) mass is 318 g/mol. The van der Waals surface area contributed by atoms with Crippen LogP contribution in [0, 0.1) is 6.92 Å². The zero-order valence-electron chi connectivity index (χ0n) is 13.4. The molecule has 0 heterocycles. The van der Waals surface area contributed by atoms with E-state index in [0.29, 0.717) is 5.56 Å². The van der Waals surface area contributed by atoms with Gasteiger partial charge in [0.2, 0.25) is 0 Å². The smallest absolute Gasteiger partial charge is 0.338 e. The average molecular weight is 318 g/mol. The zero-order valence-corrected chi connectivity index (χ0v) is 13.4. The SMILES string of the molecule is Cc1cc(-c2ccccc2O)ccc1C(=O)OCc1ccccc1. The highest BCUT2D eigenvalue weighted by atomic mass is 16.5. The molecule has 0 aliphatic carbocycles. The topological polar surface area (TPSA) is 46.5 Å². The number of carbonyl (C=O) groups excluding carboxylic acids is 1. The standard InChI is InChI=1S/C21H18O3/c1-15-13-17(19-9-5-6-10-20(19)22)11-12-18(15)21(23)24-14-16-7-3-2-4-8-16/h2-13,22H,14H2,1H3. The number of aromatic hydroxyl groups is 1. The van der Waals surface area contributed by atoms with E-state index in [0.717, 1.165) is 22.3 Å². The Hall–Kier alpha value is -3.07. The third-order valence-corrected chi connectivity index (χ3v) is 3.87. The number of hydrogen-bond acceptors (Lipinski definition) is 3. The van der Waals surface area contributed by atoms with Crippen LogP contribution in [0.4, 0.5) is 0 Å². The molecule has 120 valence electrons. The molecule has 0 saturated heterocycles. The van der Waals surface area contributed by atoms with E-state index in [2.05, 4.69) is 0 Å². The van der Waals surface area contributed by atoms with E-state index in [1.54, 1.807) is 18.2 Å². The van der Waals surface area contributed by atoms with Crippen molar-refractivity contribution in [2.45, 2.75) is 13.5 Å². The molecular weight excluding hydrogens is 300 g/mol. The highest BCUT2D eigenvalue weighted by Crippen LogP contribution is 2.30. The molecule has 0 atom stereocenters. The Morgan fingerprint density at radius 2 is 1.67 bits per heavy atom. The Kier molecular flexibility index (Phi) is 4.62. The van der Waals surface area contributed by atoms with Crippen LogP contribution in [0.2, 0.25) is 0 Å². The number of benzene rings is 3. The molecule has 3 aromatic carbocycles. The molecule has 1 N–H and O–H groups in total. The zero-order chi connectivity index (χ0) is 16.9. The Bertz CT molecular complexity index is 854. The third kappa shape index (κ3) is 3.46. The molecule has 0 aliphatic heterocycles. The molecule has 3 heteroatoms. The van der Waals surface area contributed by atoms with Crippen molar-refractivity contribution in [2.75, 3.05) is 0 Å². The van der Waals surface area contributed by atoms with Crippen LogP contribution in [-0.4, -0.2) is 11.1 Å². The molecule has 0 spiro atoms. The number of phenols is 1. The summed E-state index contributed by atoms with van der Waals surface area (Å²) >= 11 is 0. The van der Waals surface area contributed by atoms with Gasteiger partial charge in [0.15, 0.2) is 0 Å². The van der Waals surface area contributed by atoms with Crippen molar-refractivity contribution in [1.82, 2.24) is 0 Å². The number of hydrogen-bond donors (Lipinski definition) is 1. The molecule has 0 radical (unpaired) electrons. The minimum atomic E-state index is -0.347. The fraction of sp³-hybridized carbons (Fsp3) is 0.0952. The van der Waals surface area contributed by atoms with Gasteiger partial charge in [-0.3, -0.25) is 0 Å². The van der Waals surface area contributed by atoms with Gasteiger partial charge < -0.3 is 9.84 Å². The second-order valence-corrected chi connectivity index (χ2v) is 5.61. The molecule has 0 bridgehead atoms. The van der Waals surface area contributed by atoms with Crippen LogP contribution in [0.15, 0.2) is 72.8 Å². The number of para-hydroxylation sites is 1. The van der Waals surface area contributed by atoms with Crippen LogP contribution in [-0.2, 0) is 11.3 Å². The largest absolute Gasteiger partial charge is 0.507 e. The molecule has 3 aromatic rings. The lowest BCUT2D eigenvalue weighted by molar-refractivity contribution is 0.0472. The summed E-state index contributed by atoms with van der Waals surface area (Å²) in [6.07, 6.45) is 0. The van der Waals surface area contributed by atoms with Gasteiger partial charge in [-0.15, -0.1) is 0 Å². The molecule has 24 heavy (non-hydrogen) atoms. The van der Waals surface area contributed by atoms with Gasteiger partial charge >= 0.3 is 5.97 Å². The molecule has 0 aliphatic rings. The van der Waals surface area contributed by atoms with E-state index in [-0.39, 0.29) is 18.3 Å². The summed E-state index contributed by atoms with van der Waals surface area (Å²) in [7, 11) is 0. The Morgan fingerprint density at radius 3 is 2.38 bits per heavy atom. The Balaban J connectivity index is 1.77. The van der Waals surface area contributed by atoms with Crippen molar-refractivity contribution < 1.29 is 14.6 Å². The number of carbonyl (C=O) groups is 1. The first kappa shape index (κ1) is 15.8. The Morgan fingerprint density at radius 1 is 0.958 bits per heavy atom. The highest BCUT2D eigenvalue weighted by molar-refractivity contribution is 5.92. The van der Waals surface area contributed by atoms with Crippen molar-refractivity contribution in [3.05, 3.63) is 89.5 Å². The van der Waals surface area contributed by atoms with Crippen molar-refractivity contribution in [3.63, 3.8) is 0 Å². The van der Waals surface area contributed by atoms with Crippen LogP contribution in [0.5, 0.6) is 5.75 Å². The number of esters is 1. The molecule has 0 aromatic heterocycles. The lowest BCUT2D eigenvalue weighted by atomic mass is 9.99. The summed E-state index contributed by atoms with van der Waals surface area (Å²) in [5, 5.41) is 9.95. The van der Waals surface area contributed by atoms with Gasteiger partial charge in [0, 0.05) is 5.56 Å². The number of aryl methyl sites for hydroxylation is 1. The lowest BCUT2D eigenvalue weighted by Crippen LogP contribution is -2.07. The molecule has 0 fully saturated rings. The van der Waals surface area contributed by atoms with Crippen LogP contribution >= 0.6 is 0 Å². The van der Waals surface area contributed by atoms with Gasteiger partial charge in [0.25, 0.3) is 0 Å². The summed E-state index contributed by atoms with van der Waals surface area (Å²) in [6, 6.07) is 22.2. The number of ether oxygens (including phenoxy) is 1. The van der Waals surface area contributed by atoms with E-state index >= 15 is 0 Å². The predicted octanol–water partition coefficient (Wildman–Crippen LogP) is 4.72. The van der Waals surface area contributed by atoms with Gasteiger partial charge in [-0.1, -0.05) is 60.7 Å². The van der Waals surface area contributed by atoms with E-state index in [1.165, 1.54) is 0 Å². The van der Waals surface area contributed by atoms with Crippen molar-refractivity contribution >= 4 is 5.97 Å². The van der Waals surface area contributed by atoms with Crippen LogP contribution in [0.25, 0.3) is 11.1 Å². The fourth-order valence-electron chi connectivity index (χ4n) is 2.58. The summed E-state index contributed by atoms with van der Waals surface area (Å²) in [6.45, 7) is 2.11. The maximum atomic E-state index is 12.3. The van der Waals surface area contributed by atoms with Gasteiger partial charge in [-0.05, 0) is 35.7 Å². The summed E-state index contributed by atoms with van der Waals surface area (Å²) in [5.41, 5.74) is 3.91. The van der Waals surface area contributed by atoms with E-state index < -0.39 is 0 Å². The van der Waals surface area contributed by atoms with E-state index in [9.17, 15) is 9.90 Å². The lowest BCUT2D eigenvalue weighted by Gasteiger charge is -2.10. The quantitative estimate of drug-likeness (QED) is 0.708. The van der Waals surface area contributed by atoms with Crippen molar-refractivity contribution in [2.24, 2.45) is 0 Å². The fourth-order valence-corrected chi connectivity index (χ4v) is 2.58. The molecule has 3 nitrogen and oxygen atoms in total. The van der Waals surface area contributed by atoms with Crippen LogP contribution in [0.3, 0.4) is 0 Å². The first-order valence-corrected chi connectivity index (χ1v) is 7.75. The maximum Gasteiger partial charge on any atom is 0.338 e. The third-order valence-electron chi connectivity index (χ3n) is 3.87. The Labute approximate surface area is 141 Å². The minimum Gasteiger partial charge on any atom is -0.507 e. The van der Waals surface area contributed by atoms with Gasteiger partial charge in [0.1, 0.15) is 12.4 Å². The number of rotatable bonds is 4. The number of phenolic OH excluding ortho intramolecular Hbond substituents is 1. The molecule has 3 rings (SSSR count). The van der Waals surface area contributed by atoms with Crippen molar-refractivity contribution in [1.29, 1.82) is 0 Å². The second kappa shape index (κ2) is 7.01. The van der Waals surface area contributed by atoms with E-state index in [1.807, 2.05) is 61.5 Å². The molecule has 0 unspecified atom stereocenters. The summed E-state index contributed by atoms with van der Waals surface area (Å²) in [4.78, 5) is 12.3. The average Bonchev–Trinajstić information content (AvgIpc) is 2.61. The van der Waals surface area contributed by atoms with E-state index in [4.69, 9.17) is 4.74 Å².